The van der Waals surface area contributed by atoms with Gasteiger partial charge < -0.3 is 4.74 Å². The van der Waals surface area contributed by atoms with Crippen LogP contribution in [-0.2, 0) is 20.7 Å². The van der Waals surface area contributed by atoms with Crippen molar-refractivity contribution in [1.82, 2.24) is 0 Å². The lowest BCUT2D eigenvalue weighted by molar-refractivity contribution is -0.155. The SMILES string of the molecule is CC(C)(C)OC(=O)C[C@@H](Cc1cc(F)c(F)cc1F)N=C=O. The van der Waals surface area contributed by atoms with E-state index in [2.05, 4.69) is 4.99 Å². The van der Waals surface area contributed by atoms with Crippen LogP contribution in [0.5, 0.6) is 0 Å². The summed E-state index contributed by atoms with van der Waals surface area (Å²) in [5.74, 6) is -4.15. The van der Waals surface area contributed by atoms with Gasteiger partial charge in [-0.1, -0.05) is 0 Å². The van der Waals surface area contributed by atoms with Gasteiger partial charge in [0.2, 0.25) is 6.08 Å². The van der Waals surface area contributed by atoms with E-state index in [1.54, 1.807) is 20.8 Å². The molecule has 7 heteroatoms. The minimum Gasteiger partial charge on any atom is -0.460 e. The second-order valence-corrected chi connectivity index (χ2v) is 5.73. The molecule has 0 saturated heterocycles. The first-order valence-electron chi connectivity index (χ1n) is 6.54. The summed E-state index contributed by atoms with van der Waals surface area (Å²) in [6.45, 7) is 4.99. The molecule has 22 heavy (non-hydrogen) atoms. The smallest absolute Gasteiger partial charge is 0.308 e. The molecule has 0 aliphatic heterocycles. The molecule has 0 saturated carbocycles. The Labute approximate surface area is 126 Å². The lowest BCUT2D eigenvalue weighted by Gasteiger charge is -2.20. The molecule has 1 atom stereocenters. The fourth-order valence-electron chi connectivity index (χ4n) is 1.79. The van der Waals surface area contributed by atoms with Crippen molar-refractivity contribution in [2.45, 2.75) is 45.3 Å². The van der Waals surface area contributed by atoms with E-state index >= 15 is 0 Å². The van der Waals surface area contributed by atoms with Gasteiger partial charge in [-0.2, -0.15) is 0 Å². The summed E-state index contributed by atoms with van der Waals surface area (Å²) in [7, 11) is 0. The fraction of sp³-hybridized carbons (Fsp3) is 0.467. The molecule has 0 spiro atoms. The highest BCUT2D eigenvalue weighted by Crippen LogP contribution is 2.18. The molecule has 1 aromatic rings. The summed E-state index contributed by atoms with van der Waals surface area (Å²) >= 11 is 0. The Bertz CT molecular complexity index is 605. The van der Waals surface area contributed by atoms with E-state index in [0.717, 1.165) is 0 Å². The zero-order valence-electron chi connectivity index (χ0n) is 12.5. The first-order valence-corrected chi connectivity index (χ1v) is 6.54. The number of aliphatic imine (C=N–C) groups is 1. The Kier molecular flexibility index (Phi) is 5.88. The van der Waals surface area contributed by atoms with Crippen LogP contribution in [0.3, 0.4) is 0 Å². The molecule has 0 N–H and O–H groups in total. The Balaban J connectivity index is 2.87. The molecule has 0 unspecified atom stereocenters. The largest absolute Gasteiger partial charge is 0.460 e. The topological polar surface area (TPSA) is 55.7 Å². The number of benzene rings is 1. The average molecular weight is 315 g/mol. The zero-order valence-corrected chi connectivity index (χ0v) is 12.5. The normalized spacial score (nSPS) is 12.5. The number of esters is 1. The summed E-state index contributed by atoms with van der Waals surface area (Å²) in [5.41, 5.74) is -0.911. The Morgan fingerprint density at radius 3 is 2.36 bits per heavy atom. The third-order valence-corrected chi connectivity index (χ3v) is 2.60. The Morgan fingerprint density at radius 2 is 1.82 bits per heavy atom. The molecule has 120 valence electrons. The minimum absolute atomic E-state index is 0.188. The summed E-state index contributed by atoms with van der Waals surface area (Å²) in [4.78, 5) is 25.5. The molecule has 0 fully saturated rings. The van der Waals surface area contributed by atoms with Crippen LogP contribution < -0.4 is 0 Å². The van der Waals surface area contributed by atoms with Crippen molar-refractivity contribution in [1.29, 1.82) is 0 Å². The number of ether oxygens (including phenoxy) is 1. The lowest BCUT2D eigenvalue weighted by atomic mass is 10.0. The van der Waals surface area contributed by atoms with Crippen molar-refractivity contribution in [2.75, 3.05) is 0 Å². The highest BCUT2D eigenvalue weighted by Gasteiger charge is 2.22. The van der Waals surface area contributed by atoms with E-state index < -0.39 is 35.1 Å². The Morgan fingerprint density at radius 1 is 1.23 bits per heavy atom. The molecule has 0 amide bonds. The van der Waals surface area contributed by atoms with Gasteiger partial charge >= 0.3 is 5.97 Å². The third kappa shape index (κ3) is 5.69. The molecule has 4 nitrogen and oxygen atoms in total. The summed E-state index contributed by atoms with van der Waals surface area (Å²) in [5, 5.41) is 0. The summed E-state index contributed by atoms with van der Waals surface area (Å²) < 4.78 is 44.7. The first kappa shape index (κ1) is 17.9. The highest BCUT2D eigenvalue weighted by molar-refractivity contribution is 5.70. The predicted octanol–water partition coefficient (Wildman–Crippen LogP) is 3.08. The maximum Gasteiger partial charge on any atom is 0.308 e. The number of carbonyl (C=O) groups excluding carboxylic acids is 2. The number of hydrogen-bond donors (Lipinski definition) is 0. The number of isocyanates is 1. The van der Waals surface area contributed by atoms with Gasteiger partial charge in [0.1, 0.15) is 11.4 Å². The maximum absolute atomic E-state index is 13.6. The van der Waals surface area contributed by atoms with Gasteiger partial charge in [-0.15, -0.1) is 0 Å². The first-order chi connectivity index (χ1) is 10.1. The van der Waals surface area contributed by atoms with Crippen LogP contribution in [0, 0.1) is 17.5 Å². The minimum atomic E-state index is -1.32. The quantitative estimate of drug-likeness (QED) is 0.363. The van der Waals surface area contributed by atoms with E-state index in [4.69, 9.17) is 4.74 Å². The van der Waals surface area contributed by atoms with Gasteiger partial charge in [0.05, 0.1) is 12.5 Å². The molecular formula is C15H16F3NO3. The molecule has 0 aliphatic rings. The van der Waals surface area contributed by atoms with Crippen molar-refractivity contribution < 1.29 is 27.5 Å². The standard InChI is InChI=1S/C15H16F3NO3/c1-15(2,3)22-14(21)6-10(19-8-20)4-9-5-12(17)13(18)7-11(9)16/h5,7,10H,4,6H2,1-3H3/t10-/m1/s1. The predicted molar refractivity (Wildman–Crippen MR) is 72.4 cm³/mol. The van der Waals surface area contributed by atoms with Crippen molar-refractivity contribution in [2.24, 2.45) is 4.99 Å². The third-order valence-electron chi connectivity index (χ3n) is 2.60. The van der Waals surface area contributed by atoms with Crippen molar-refractivity contribution >= 4 is 12.0 Å². The molecule has 1 rings (SSSR count). The van der Waals surface area contributed by atoms with Gasteiger partial charge in [-0.25, -0.2) is 23.0 Å². The Hall–Kier alpha value is -2.14. The molecule has 0 heterocycles. The molecule has 0 aliphatic carbocycles. The monoisotopic (exact) mass is 315 g/mol. The van der Waals surface area contributed by atoms with Gasteiger partial charge in [0.15, 0.2) is 11.6 Å². The summed E-state index contributed by atoms with van der Waals surface area (Å²) in [6, 6.07) is 0.110. The maximum atomic E-state index is 13.6. The fourth-order valence-corrected chi connectivity index (χ4v) is 1.79. The van der Waals surface area contributed by atoms with Crippen LogP contribution >= 0.6 is 0 Å². The van der Waals surface area contributed by atoms with Crippen molar-refractivity contribution in [3.8, 4) is 0 Å². The van der Waals surface area contributed by atoms with Crippen LogP contribution in [0.25, 0.3) is 0 Å². The van der Waals surface area contributed by atoms with Crippen LogP contribution in [0.15, 0.2) is 17.1 Å². The average Bonchev–Trinajstić information content (AvgIpc) is 2.33. The number of halogens is 3. The van der Waals surface area contributed by atoms with E-state index in [0.29, 0.717) is 12.1 Å². The summed E-state index contributed by atoms with van der Waals surface area (Å²) in [6.07, 6.45) is 0.726. The van der Waals surface area contributed by atoms with Crippen LogP contribution in [-0.4, -0.2) is 23.7 Å². The zero-order chi connectivity index (χ0) is 16.9. The second kappa shape index (κ2) is 7.22. The van der Waals surface area contributed by atoms with Crippen LogP contribution in [0.2, 0.25) is 0 Å². The number of hydrogen-bond acceptors (Lipinski definition) is 4. The molecule has 0 radical (unpaired) electrons. The van der Waals surface area contributed by atoms with E-state index in [9.17, 15) is 22.8 Å². The number of rotatable bonds is 5. The van der Waals surface area contributed by atoms with Crippen LogP contribution in [0.4, 0.5) is 13.2 Å². The van der Waals surface area contributed by atoms with Gasteiger partial charge in [0.25, 0.3) is 0 Å². The number of carbonyl (C=O) groups is 1. The van der Waals surface area contributed by atoms with Crippen molar-refractivity contribution in [3.63, 3.8) is 0 Å². The van der Waals surface area contributed by atoms with Gasteiger partial charge in [-0.3, -0.25) is 4.79 Å². The number of nitrogens with zero attached hydrogens (tertiary/aromatic N) is 1. The van der Waals surface area contributed by atoms with Gasteiger partial charge in [0, 0.05) is 6.07 Å². The van der Waals surface area contributed by atoms with E-state index in [1.165, 1.54) is 6.08 Å². The second-order valence-electron chi connectivity index (χ2n) is 5.73. The van der Waals surface area contributed by atoms with Gasteiger partial charge in [-0.05, 0) is 38.8 Å². The highest BCUT2D eigenvalue weighted by atomic mass is 19.2. The molecule has 1 aromatic carbocycles. The molecular weight excluding hydrogens is 299 g/mol. The van der Waals surface area contributed by atoms with Crippen molar-refractivity contribution in [3.05, 3.63) is 35.1 Å². The lowest BCUT2D eigenvalue weighted by Crippen LogP contribution is -2.26. The van der Waals surface area contributed by atoms with E-state index in [1.807, 2.05) is 0 Å². The van der Waals surface area contributed by atoms with Crippen LogP contribution in [0.1, 0.15) is 32.8 Å². The molecule has 0 aromatic heterocycles. The molecule has 0 bridgehead atoms. The van der Waals surface area contributed by atoms with E-state index in [-0.39, 0.29) is 18.4 Å².